The predicted molar refractivity (Wildman–Crippen MR) is 120 cm³/mol. The van der Waals surface area contributed by atoms with Crippen LogP contribution in [0.4, 0.5) is 0 Å². The number of rotatable bonds is 3. The molecule has 34 heavy (non-hydrogen) atoms. The molecular formula is C26H36O8. The van der Waals surface area contributed by atoms with Crippen LogP contribution in [0.15, 0.2) is 12.2 Å². The fourth-order valence-electron chi connectivity index (χ4n) is 8.48. The maximum atomic E-state index is 13.8. The van der Waals surface area contributed by atoms with E-state index in [-0.39, 0.29) is 30.0 Å². The first kappa shape index (κ1) is 24.9. The van der Waals surface area contributed by atoms with Crippen LogP contribution < -0.4 is 0 Å². The van der Waals surface area contributed by atoms with Crippen LogP contribution in [0, 0.1) is 34.0 Å². The molecule has 4 aliphatic rings. The molecule has 0 aromatic carbocycles. The molecule has 8 heteroatoms. The van der Waals surface area contributed by atoms with Crippen molar-refractivity contribution in [1.29, 1.82) is 0 Å². The Morgan fingerprint density at radius 3 is 2.03 bits per heavy atom. The van der Waals surface area contributed by atoms with Gasteiger partial charge in [-0.2, -0.15) is 0 Å². The van der Waals surface area contributed by atoms with E-state index in [4.69, 9.17) is 14.2 Å². The van der Waals surface area contributed by atoms with E-state index in [1.54, 1.807) is 0 Å². The van der Waals surface area contributed by atoms with Crippen molar-refractivity contribution >= 4 is 23.7 Å². The Morgan fingerprint density at radius 2 is 1.47 bits per heavy atom. The smallest absolute Gasteiger partial charge is 0.303 e. The van der Waals surface area contributed by atoms with Crippen molar-refractivity contribution in [2.75, 3.05) is 0 Å². The summed E-state index contributed by atoms with van der Waals surface area (Å²) in [6.07, 6.45) is -1.29. The van der Waals surface area contributed by atoms with Crippen molar-refractivity contribution in [3.63, 3.8) is 0 Å². The number of carbonyl (C=O) groups excluding carboxylic acids is 4. The molecule has 2 bridgehead atoms. The summed E-state index contributed by atoms with van der Waals surface area (Å²) in [5.41, 5.74) is -2.07. The van der Waals surface area contributed by atoms with Gasteiger partial charge in [-0.25, -0.2) is 0 Å². The van der Waals surface area contributed by atoms with Gasteiger partial charge < -0.3 is 19.3 Å². The Hall–Kier alpha value is -2.22. The number of esters is 3. The summed E-state index contributed by atoms with van der Waals surface area (Å²) in [4.78, 5) is 49.8. The van der Waals surface area contributed by atoms with Crippen LogP contribution in [-0.4, -0.2) is 53.2 Å². The number of hydrogen-bond acceptors (Lipinski definition) is 8. The third-order valence-electron chi connectivity index (χ3n) is 9.43. The van der Waals surface area contributed by atoms with Gasteiger partial charge >= 0.3 is 17.9 Å². The summed E-state index contributed by atoms with van der Waals surface area (Å²) in [5.74, 6) is -2.43. The van der Waals surface area contributed by atoms with Gasteiger partial charge in [0.15, 0.2) is 5.78 Å². The number of carbonyl (C=O) groups is 4. The van der Waals surface area contributed by atoms with Crippen LogP contribution in [-0.2, 0) is 33.4 Å². The number of ether oxygens (including phenoxy) is 3. The molecule has 0 amide bonds. The van der Waals surface area contributed by atoms with E-state index in [1.807, 2.05) is 13.8 Å². The summed E-state index contributed by atoms with van der Waals surface area (Å²) in [6, 6.07) is 0. The quantitative estimate of drug-likeness (QED) is 0.376. The van der Waals surface area contributed by atoms with E-state index < -0.39 is 58.6 Å². The van der Waals surface area contributed by atoms with E-state index in [0.717, 1.165) is 0 Å². The highest BCUT2D eigenvalue weighted by molar-refractivity contribution is 6.04. The molecule has 188 valence electrons. The third-order valence-corrected chi connectivity index (χ3v) is 9.43. The van der Waals surface area contributed by atoms with Gasteiger partial charge in [0.2, 0.25) is 0 Å². The first-order valence-corrected chi connectivity index (χ1v) is 12.1. The maximum absolute atomic E-state index is 13.8. The number of ketones is 1. The van der Waals surface area contributed by atoms with Crippen LogP contribution in [0.5, 0.6) is 0 Å². The van der Waals surface area contributed by atoms with Gasteiger partial charge in [-0.1, -0.05) is 27.4 Å². The zero-order chi connectivity index (χ0) is 25.4. The van der Waals surface area contributed by atoms with Crippen LogP contribution in [0.1, 0.15) is 67.2 Å². The number of fused-ring (bicyclic) bond motifs is 3. The Morgan fingerprint density at radius 1 is 0.912 bits per heavy atom. The minimum atomic E-state index is -1.28. The summed E-state index contributed by atoms with van der Waals surface area (Å²) in [5, 5.41) is 11.7. The SMILES string of the molecule is C=C1C(=O)C23C(O)CC4C(C)(C)C(OC(C)=O)C(OC(C)=O)CC4(C)C2CCC1C3OC(C)=O. The molecule has 4 rings (SSSR count). The number of hydrogen-bond donors (Lipinski definition) is 1. The molecule has 4 aliphatic carbocycles. The van der Waals surface area contributed by atoms with Gasteiger partial charge in [-0.3, -0.25) is 19.2 Å². The molecule has 4 fully saturated rings. The van der Waals surface area contributed by atoms with Gasteiger partial charge in [-0.15, -0.1) is 0 Å². The second kappa shape index (κ2) is 7.90. The molecular weight excluding hydrogens is 440 g/mol. The molecule has 0 radical (unpaired) electrons. The molecule has 0 aromatic heterocycles. The molecule has 1 spiro atoms. The van der Waals surface area contributed by atoms with Crippen LogP contribution >= 0.6 is 0 Å². The standard InChI is InChI=1S/C26H36O8/c1-12-16-8-9-18-25(7)11-17(32-13(2)27)23(34-15(4)29)24(5,6)19(25)10-20(30)26(18,21(12)31)22(16)33-14(3)28/h16-20,22-23,30H,1,8-11H2,2-7H3. The van der Waals surface area contributed by atoms with Crippen molar-refractivity contribution in [3.05, 3.63) is 12.2 Å². The van der Waals surface area contributed by atoms with Gasteiger partial charge in [0.05, 0.1) is 11.5 Å². The number of aliphatic hydroxyl groups is 1. The summed E-state index contributed by atoms with van der Waals surface area (Å²) < 4.78 is 17.2. The zero-order valence-electron chi connectivity index (χ0n) is 20.9. The fourth-order valence-corrected chi connectivity index (χ4v) is 8.48. The Balaban J connectivity index is 1.86. The van der Waals surface area contributed by atoms with Crippen molar-refractivity contribution in [1.82, 2.24) is 0 Å². The predicted octanol–water partition coefficient (Wildman–Crippen LogP) is 2.75. The van der Waals surface area contributed by atoms with Crippen LogP contribution in [0.25, 0.3) is 0 Å². The van der Waals surface area contributed by atoms with Crippen LogP contribution in [0.2, 0.25) is 0 Å². The van der Waals surface area contributed by atoms with Crippen molar-refractivity contribution < 1.29 is 38.5 Å². The van der Waals surface area contributed by atoms with Gasteiger partial charge in [0, 0.05) is 32.1 Å². The molecule has 9 atom stereocenters. The average Bonchev–Trinajstić information content (AvgIpc) is 2.82. The maximum Gasteiger partial charge on any atom is 0.303 e. The first-order chi connectivity index (χ1) is 15.7. The lowest BCUT2D eigenvalue weighted by Gasteiger charge is -2.67. The van der Waals surface area contributed by atoms with Gasteiger partial charge in [-0.05, 0) is 48.5 Å². The fraction of sp³-hybridized carbons (Fsp3) is 0.769. The molecule has 0 aromatic rings. The summed E-state index contributed by atoms with van der Waals surface area (Å²) in [7, 11) is 0. The van der Waals surface area contributed by atoms with Crippen molar-refractivity contribution in [2.45, 2.75) is 91.6 Å². The highest BCUT2D eigenvalue weighted by atomic mass is 16.6. The second-order valence-corrected chi connectivity index (χ2v) is 11.6. The normalized spacial score (nSPS) is 44.5. The van der Waals surface area contributed by atoms with Gasteiger partial charge in [0.1, 0.15) is 18.3 Å². The van der Waals surface area contributed by atoms with E-state index in [2.05, 4.69) is 13.5 Å². The van der Waals surface area contributed by atoms with Gasteiger partial charge in [0.25, 0.3) is 0 Å². The third kappa shape index (κ3) is 3.20. The minimum Gasteiger partial charge on any atom is -0.461 e. The van der Waals surface area contributed by atoms with E-state index in [0.29, 0.717) is 24.8 Å². The van der Waals surface area contributed by atoms with Crippen LogP contribution in [0.3, 0.4) is 0 Å². The lowest BCUT2D eigenvalue weighted by molar-refractivity contribution is -0.266. The molecule has 1 N–H and O–H groups in total. The summed E-state index contributed by atoms with van der Waals surface area (Å²) >= 11 is 0. The Bertz CT molecular complexity index is 952. The largest absolute Gasteiger partial charge is 0.461 e. The lowest BCUT2D eigenvalue weighted by atomic mass is 9.39. The van der Waals surface area contributed by atoms with E-state index in [1.165, 1.54) is 20.8 Å². The summed E-state index contributed by atoms with van der Waals surface area (Å²) in [6.45, 7) is 14.0. The number of Topliss-reactive ketones (excluding diaryl/α,β-unsaturated/α-hetero) is 1. The highest BCUT2D eigenvalue weighted by Gasteiger charge is 2.76. The minimum absolute atomic E-state index is 0.141. The molecule has 9 unspecified atom stereocenters. The lowest BCUT2D eigenvalue weighted by Crippen LogP contribution is -2.71. The zero-order valence-corrected chi connectivity index (χ0v) is 20.9. The highest BCUT2D eigenvalue weighted by Crippen LogP contribution is 2.71. The monoisotopic (exact) mass is 476 g/mol. The topological polar surface area (TPSA) is 116 Å². The second-order valence-electron chi connectivity index (χ2n) is 11.6. The number of aliphatic hydroxyl groups excluding tert-OH is 1. The average molecular weight is 477 g/mol. The molecule has 4 saturated carbocycles. The Kier molecular flexibility index (Phi) is 5.78. The molecule has 0 aliphatic heterocycles. The van der Waals surface area contributed by atoms with Crippen molar-refractivity contribution in [2.24, 2.45) is 34.0 Å². The van der Waals surface area contributed by atoms with E-state index >= 15 is 0 Å². The molecule has 0 saturated heterocycles. The molecule has 0 heterocycles. The first-order valence-electron chi connectivity index (χ1n) is 12.1. The Labute approximate surface area is 200 Å². The van der Waals surface area contributed by atoms with Crippen molar-refractivity contribution in [3.8, 4) is 0 Å². The molecule has 8 nitrogen and oxygen atoms in total. The van der Waals surface area contributed by atoms with E-state index in [9.17, 15) is 24.3 Å².